The average molecular weight is 268 g/mol. The lowest BCUT2D eigenvalue weighted by atomic mass is 10.1. The van der Waals surface area contributed by atoms with Gasteiger partial charge in [0.2, 0.25) is 0 Å². The van der Waals surface area contributed by atoms with Gasteiger partial charge in [0.05, 0.1) is 6.54 Å². The topological polar surface area (TPSA) is 37.5 Å². The van der Waals surface area contributed by atoms with Crippen molar-refractivity contribution in [3.8, 4) is 11.1 Å². The van der Waals surface area contributed by atoms with Crippen molar-refractivity contribution >= 4 is 28.1 Å². The van der Waals surface area contributed by atoms with Crippen LogP contribution in [0.5, 0.6) is 0 Å². The van der Waals surface area contributed by atoms with Crippen LogP contribution in [0, 0.1) is 0 Å². The number of amidine groups is 1. The first-order valence-electron chi connectivity index (χ1n) is 6.26. The summed E-state index contributed by atoms with van der Waals surface area (Å²) in [4.78, 5) is 4.41. The summed E-state index contributed by atoms with van der Waals surface area (Å²) in [6.45, 7) is 1.72. The number of thiophene rings is 1. The quantitative estimate of drug-likeness (QED) is 0.772. The predicted molar refractivity (Wildman–Crippen MR) is 78.9 cm³/mol. The molecule has 0 radical (unpaired) electrons. The molecule has 0 fully saturated rings. The summed E-state index contributed by atoms with van der Waals surface area (Å²) in [7, 11) is 0. The van der Waals surface area contributed by atoms with Gasteiger partial charge in [-0.05, 0) is 28.5 Å². The van der Waals surface area contributed by atoms with E-state index < -0.39 is 0 Å². The van der Waals surface area contributed by atoms with Crippen LogP contribution >= 0.6 is 11.3 Å². The van der Waals surface area contributed by atoms with Crippen molar-refractivity contribution in [2.75, 3.05) is 13.1 Å². The molecule has 2 aromatic heterocycles. The van der Waals surface area contributed by atoms with E-state index in [0.717, 1.165) is 41.2 Å². The van der Waals surface area contributed by atoms with Crippen molar-refractivity contribution < 1.29 is 4.42 Å². The molecule has 1 aliphatic rings. The predicted octanol–water partition coefficient (Wildman–Crippen LogP) is 3.51. The van der Waals surface area contributed by atoms with Crippen LogP contribution in [0.1, 0.15) is 5.76 Å². The van der Waals surface area contributed by atoms with Crippen LogP contribution in [-0.4, -0.2) is 18.9 Å². The Hall–Kier alpha value is -2.07. The Kier molecular flexibility index (Phi) is 2.42. The molecule has 4 rings (SSSR count). The highest BCUT2D eigenvalue weighted by atomic mass is 32.1. The van der Waals surface area contributed by atoms with Crippen LogP contribution in [0.3, 0.4) is 0 Å². The molecule has 3 heterocycles. The minimum Gasteiger partial charge on any atom is -0.452 e. The summed E-state index contributed by atoms with van der Waals surface area (Å²) in [5, 5.41) is 8.59. The number of hydrogen-bond acceptors (Lipinski definition) is 4. The molecule has 0 spiro atoms. The van der Waals surface area contributed by atoms with Crippen molar-refractivity contribution in [2.24, 2.45) is 4.99 Å². The summed E-state index contributed by atoms with van der Waals surface area (Å²) in [5.41, 5.74) is 3.29. The molecule has 19 heavy (non-hydrogen) atoms. The van der Waals surface area contributed by atoms with E-state index in [2.05, 4.69) is 51.4 Å². The van der Waals surface area contributed by atoms with Gasteiger partial charge in [-0.1, -0.05) is 18.2 Å². The van der Waals surface area contributed by atoms with E-state index in [9.17, 15) is 0 Å². The summed E-state index contributed by atoms with van der Waals surface area (Å²) in [5.74, 6) is 1.70. The molecule has 0 aliphatic carbocycles. The molecule has 1 aromatic carbocycles. The maximum atomic E-state index is 6.02. The molecule has 0 bridgehead atoms. The van der Waals surface area contributed by atoms with E-state index in [-0.39, 0.29) is 0 Å². The minimum absolute atomic E-state index is 0.823. The van der Waals surface area contributed by atoms with Crippen LogP contribution in [0.4, 0.5) is 0 Å². The number of benzene rings is 1. The van der Waals surface area contributed by atoms with Crippen molar-refractivity contribution in [1.29, 1.82) is 0 Å². The summed E-state index contributed by atoms with van der Waals surface area (Å²) >= 11 is 1.70. The van der Waals surface area contributed by atoms with Crippen LogP contribution in [0.2, 0.25) is 0 Å². The van der Waals surface area contributed by atoms with Crippen LogP contribution in [0.25, 0.3) is 22.1 Å². The Bertz CT molecular complexity index is 756. The lowest BCUT2D eigenvalue weighted by molar-refractivity contribution is 0.603. The number of aliphatic imine (C=N–C) groups is 1. The van der Waals surface area contributed by atoms with E-state index >= 15 is 0 Å². The summed E-state index contributed by atoms with van der Waals surface area (Å²) < 4.78 is 6.02. The smallest absolute Gasteiger partial charge is 0.170 e. The summed E-state index contributed by atoms with van der Waals surface area (Å²) in [6.07, 6.45) is 0. The Balaban J connectivity index is 1.91. The van der Waals surface area contributed by atoms with Gasteiger partial charge in [-0.25, -0.2) is 0 Å². The fraction of sp³-hybridized carbons (Fsp3) is 0.133. The Morgan fingerprint density at radius 1 is 1.26 bits per heavy atom. The maximum absolute atomic E-state index is 6.02. The van der Waals surface area contributed by atoms with Gasteiger partial charge >= 0.3 is 0 Å². The zero-order valence-electron chi connectivity index (χ0n) is 10.2. The first-order chi connectivity index (χ1) is 9.42. The van der Waals surface area contributed by atoms with E-state index in [4.69, 9.17) is 4.42 Å². The van der Waals surface area contributed by atoms with Crippen molar-refractivity contribution in [3.63, 3.8) is 0 Å². The van der Waals surface area contributed by atoms with E-state index in [0.29, 0.717) is 0 Å². The third kappa shape index (κ3) is 1.76. The second kappa shape index (κ2) is 4.24. The van der Waals surface area contributed by atoms with Gasteiger partial charge in [-0.3, -0.25) is 4.99 Å². The van der Waals surface area contributed by atoms with Gasteiger partial charge in [0.25, 0.3) is 0 Å². The zero-order valence-corrected chi connectivity index (χ0v) is 11.0. The van der Waals surface area contributed by atoms with Gasteiger partial charge in [-0.2, -0.15) is 11.3 Å². The second-order valence-corrected chi connectivity index (χ2v) is 5.28. The average Bonchev–Trinajstić information content (AvgIpc) is 3.18. The minimum atomic E-state index is 0.823. The van der Waals surface area contributed by atoms with Gasteiger partial charge in [0.1, 0.15) is 5.58 Å². The van der Waals surface area contributed by atoms with Crippen LogP contribution < -0.4 is 5.32 Å². The highest BCUT2D eigenvalue weighted by molar-refractivity contribution is 7.08. The Morgan fingerprint density at radius 2 is 2.26 bits per heavy atom. The number of hydrogen-bond donors (Lipinski definition) is 1. The molecule has 1 N–H and O–H groups in total. The monoisotopic (exact) mass is 268 g/mol. The van der Waals surface area contributed by atoms with Gasteiger partial charge in [0, 0.05) is 17.5 Å². The van der Waals surface area contributed by atoms with E-state index in [1.54, 1.807) is 11.3 Å². The van der Waals surface area contributed by atoms with Gasteiger partial charge < -0.3 is 9.73 Å². The van der Waals surface area contributed by atoms with Crippen molar-refractivity contribution in [2.45, 2.75) is 0 Å². The van der Waals surface area contributed by atoms with Crippen molar-refractivity contribution in [1.82, 2.24) is 5.32 Å². The first-order valence-corrected chi connectivity index (χ1v) is 7.20. The largest absolute Gasteiger partial charge is 0.452 e. The van der Waals surface area contributed by atoms with Crippen LogP contribution in [0.15, 0.2) is 50.5 Å². The maximum Gasteiger partial charge on any atom is 0.170 e. The number of fused-ring (bicyclic) bond motifs is 1. The molecule has 0 saturated heterocycles. The molecule has 3 nitrogen and oxygen atoms in total. The molecule has 3 aromatic rings. The SMILES string of the molecule is c1cc(-c2ccsc2)c2oc(C3=NCCN3)cc2c1. The number of nitrogens with zero attached hydrogens (tertiary/aromatic N) is 1. The first kappa shape index (κ1) is 10.8. The molecular formula is C15H12N2OS. The number of nitrogens with one attached hydrogen (secondary N) is 1. The molecule has 0 atom stereocenters. The second-order valence-electron chi connectivity index (χ2n) is 4.50. The lowest BCUT2D eigenvalue weighted by Crippen LogP contribution is -2.18. The van der Waals surface area contributed by atoms with E-state index in [1.165, 1.54) is 5.56 Å². The van der Waals surface area contributed by atoms with Crippen LogP contribution in [-0.2, 0) is 0 Å². The highest BCUT2D eigenvalue weighted by Gasteiger charge is 2.15. The fourth-order valence-electron chi connectivity index (χ4n) is 2.39. The zero-order chi connectivity index (χ0) is 12.7. The third-order valence-electron chi connectivity index (χ3n) is 3.28. The lowest BCUT2D eigenvalue weighted by Gasteiger charge is -1.99. The third-order valence-corrected chi connectivity index (χ3v) is 3.97. The molecule has 0 saturated carbocycles. The van der Waals surface area contributed by atoms with Crippen molar-refractivity contribution in [3.05, 3.63) is 46.9 Å². The molecular weight excluding hydrogens is 256 g/mol. The highest BCUT2D eigenvalue weighted by Crippen LogP contribution is 2.32. The fourth-order valence-corrected chi connectivity index (χ4v) is 3.04. The standard InChI is InChI=1S/C15H12N2OS/c1-2-10-8-13(15-16-5-6-17-15)18-14(10)12(3-1)11-4-7-19-9-11/h1-4,7-9H,5-6H2,(H,16,17). The molecule has 94 valence electrons. The molecule has 0 amide bonds. The number of furan rings is 1. The van der Waals surface area contributed by atoms with Gasteiger partial charge in [-0.15, -0.1) is 0 Å². The van der Waals surface area contributed by atoms with E-state index in [1.807, 2.05) is 0 Å². The normalized spacial score (nSPS) is 14.6. The Morgan fingerprint density at radius 3 is 3.05 bits per heavy atom. The molecule has 0 unspecified atom stereocenters. The van der Waals surface area contributed by atoms with Gasteiger partial charge in [0.15, 0.2) is 11.6 Å². The number of rotatable bonds is 2. The summed E-state index contributed by atoms with van der Waals surface area (Å²) in [6, 6.07) is 10.4. The number of para-hydroxylation sites is 1. The molecule has 4 heteroatoms. The molecule has 1 aliphatic heterocycles. The Labute approximate surface area is 114 Å².